The second-order valence-corrected chi connectivity index (χ2v) is 8.48. The SMILES string of the molecule is Cc1nc(SC(C)C(=O)NC2CCCCC2)n(CC(C)C)c1C. The number of hydrogen-bond donors (Lipinski definition) is 1. The topological polar surface area (TPSA) is 46.9 Å². The number of amides is 1. The number of imidazole rings is 1. The smallest absolute Gasteiger partial charge is 0.233 e. The van der Waals surface area contributed by atoms with E-state index in [1.807, 2.05) is 13.8 Å². The molecule has 2 rings (SSSR count). The van der Waals surface area contributed by atoms with Crippen molar-refractivity contribution in [3.05, 3.63) is 11.4 Å². The number of hydrogen-bond acceptors (Lipinski definition) is 3. The summed E-state index contributed by atoms with van der Waals surface area (Å²) in [4.78, 5) is 17.2. The molecule has 1 N–H and O–H groups in total. The van der Waals surface area contributed by atoms with Gasteiger partial charge in [-0.1, -0.05) is 44.9 Å². The summed E-state index contributed by atoms with van der Waals surface area (Å²) in [5, 5.41) is 4.09. The van der Waals surface area contributed by atoms with Gasteiger partial charge in [0.15, 0.2) is 5.16 Å². The van der Waals surface area contributed by atoms with Crippen LogP contribution in [0, 0.1) is 19.8 Å². The number of thioether (sulfide) groups is 1. The van der Waals surface area contributed by atoms with Crippen molar-refractivity contribution in [1.29, 1.82) is 0 Å². The molecule has 1 aliphatic rings. The molecule has 1 heterocycles. The maximum Gasteiger partial charge on any atom is 0.233 e. The van der Waals surface area contributed by atoms with Crippen LogP contribution in [-0.4, -0.2) is 26.8 Å². The molecular weight excluding hydrogens is 306 g/mol. The standard InChI is InChI=1S/C18H31N3OS/c1-12(2)11-21-14(4)13(3)19-18(21)23-15(5)17(22)20-16-9-7-6-8-10-16/h12,15-16H,6-11H2,1-5H3,(H,20,22). The lowest BCUT2D eigenvalue weighted by molar-refractivity contribution is -0.121. The van der Waals surface area contributed by atoms with Gasteiger partial charge in [-0.15, -0.1) is 0 Å². The summed E-state index contributed by atoms with van der Waals surface area (Å²) in [5.41, 5.74) is 2.27. The van der Waals surface area contributed by atoms with E-state index in [0.29, 0.717) is 12.0 Å². The third-order valence-corrected chi connectivity index (χ3v) is 5.66. The fourth-order valence-electron chi connectivity index (χ4n) is 3.07. The molecule has 1 aliphatic carbocycles. The molecule has 0 radical (unpaired) electrons. The van der Waals surface area contributed by atoms with Crippen molar-refractivity contribution in [2.24, 2.45) is 5.92 Å². The van der Waals surface area contributed by atoms with Crippen LogP contribution in [0.3, 0.4) is 0 Å². The first kappa shape index (κ1) is 18.4. The molecule has 1 fully saturated rings. The van der Waals surface area contributed by atoms with Gasteiger partial charge in [0.05, 0.1) is 10.9 Å². The van der Waals surface area contributed by atoms with Gasteiger partial charge < -0.3 is 9.88 Å². The predicted molar refractivity (Wildman–Crippen MR) is 96.9 cm³/mol. The van der Waals surface area contributed by atoms with Crippen LogP contribution in [0.15, 0.2) is 5.16 Å². The summed E-state index contributed by atoms with van der Waals surface area (Å²) in [6.45, 7) is 11.5. The maximum absolute atomic E-state index is 12.5. The third kappa shape index (κ3) is 5.00. The van der Waals surface area contributed by atoms with E-state index in [-0.39, 0.29) is 11.2 Å². The monoisotopic (exact) mass is 337 g/mol. The van der Waals surface area contributed by atoms with Crippen LogP contribution in [0.25, 0.3) is 0 Å². The first-order chi connectivity index (χ1) is 10.9. The Kier molecular flexibility index (Phi) is 6.57. The van der Waals surface area contributed by atoms with Crippen LogP contribution in [0.4, 0.5) is 0 Å². The highest BCUT2D eigenvalue weighted by atomic mass is 32.2. The lowest BCUT2D eigenvalue weighted by Gasteiger charge is -2.24. The summed E-state index contributed by atoms with van der Waals surface area (Å²) in [6.07, 6.45) is 6.04. The average Bonchev–Trinajstić information content (AvgIpc) is 2.75. The van der Waals surface area contributed by atoms with Crippen molar-refractivity contribution in [2.75, 3.05) is 0 Å². The molecule has 4 nitrogen and oxygen atoms in total. The van der Waals surface area contributed by atoms with E-state index in [2.05, 4.69) is 35.6 Å². The molecule has 23 heavy (non-hydrogen) atoms. The Morgan fingerprint density at radius 1 is 1.26 bits per heavy atom. The zero-order chi connectivity index (χ0) is 17.0. The summed E-state index contributed by atoms with van der Waals surface area (Å²) < 4.78 is 2.26. The highest BCUT2D eigenvalue weighted by Gasteiger charge is 2.23. The Morgan fingerprint density at radius 3 is 2.52 bits per heavy atom. The van der Waals surface area contributed by atoms with Crippen molar-refractivity contribution in [3.8, 4) is 0 Å². The Balaban J connectivity index is 1.99. The number of carbonyl (C=O) groups is 1. The third-order valence-electron chi connectivity index (χ3n) is 4.57. The van der Waals surface area contributed by atoms with Crippen LogP contribution in [-0.2, 0) is 11.3 Å². The molecule has 0 saturated heterocycles. The fraction of sp³-hybridized carbons (Fsp3) is 0.778. The van der Waals surface area contributed by atoms with E-state index in [9.17, 15) is 4.79 Å². The van der Waals surface area contributed by atoms with Gasteiger partial charge in [0, 0.05) is 18.3 Å². The minimum absolute atomic E-state index is 0.107. The Bertz CT molecular complexity index is 533. The molecular formula is C18H31N3OS. The molecule has 1 saturated carbocycles. The van der Waals surface area contributed by atoms with Crippen molar-refractivity contribution in [2.45, 2.75) is 89.7 Å². The average molecular weight is 338 g/mol. The minimum Gasteiger partial charge on any atom is -0.352 e. The minimum atomic E-state index is -0.107. The van der Waals surface area contributed by atoms with Crippen molar-refractivity contribution < 1.29 is 4.79 Å². The van der Waals surface area contributed by atoms with Crippen LogP contribution in [0.5, 0.6) is 0 Å². The van der Waals surface area contributed by atoms with E-state index in [1.165, 1.54) is 25.0 Å². The number of carbonyl (C=O) groups excluding carboxylic acids is 1. The maximum atomic E-state index is 12.5. The van der Waals surface area contributed by atoms with E-state index < -0.39 is 0 Å². The molecule has 1 unspecified atom stereocenters. The predicted octanol–water partition coefficient (Wildman–Crippen LogP) is 4.09. The number of aromatic nitrogens is 2. The second-order valence-electron chi connectivity index (χ2n) is 7.17. The molecule has 5 heteroatoms. The first-order valence-electron chi connectivity index (χ1n) is 8.89. The van der Waals surface area contributed by atoms with E-state index in [1.54, 1.807) is 11.8 Å². The van der Waals surface area contributed by atoms with Gasteiger partial charge in [-0.05, 0) is 39.5 Å². The Labute approximate surface area is 144 Å². The lowest BCUT2D eigenvalue weighted by Crippen LogP contribution is -2.40. The molecule has 0 bridgehead atoms. The largest absolute Gasteiger partial charge is 0.352 e. The van der Waals surface area contributed by atoms with Gasteiger partial charge in [-0.25, -0.2) is 4.98 Å². The van der Waals surface area contributed by atoms with Crippen molar-refractivity contribution >= 4 is 17.7 Å². The van der Waals surface area contributed by atoms with Crippen LogP contribution < -0.4 is 5.32 Å². The highest BCUT2D eigenvalue weighted by Crippen LogP contribution is 2.27. The zero-order valence-corrected chi connectivity index (χ0v) is 16.0. The van der Waals surface area contributed by atoms with Crippen molar-refractivity contribution in [1.82, 2.24) is 14.9 Å². The summed E-state index contributed by atoms with van der Waals surface area (Å²) in [5.74, 6) is 0.712. The van der Waals surface area contributed by atoms with Crippen LogP contribution in [0.2, 0.25) is 0 Å². The van der Waals surface area contributed by atoms with E-state index in [0.717, 1.165) is 30.2 Å². The summed E-state index contributed by atoms with van der Waals surface area (Å²) in [7, 11) is 0. The summed E-state index contributed by atoms with van der Waals surface area (Å²) in [6, 6.07) is 0.373. The molecule has 1 atom stereocenters. The van der Waals surface area contributed by atoms with Gasteiger partial charge in [0.1, 0.15) is 0 Å². The first-order valence-corrected chi connectivity index (χ1v) is 9.77. The quantitative estimate of drug-likeness (QED) is 0.796. The molecule has 0 spiro atoms. The molecule has 1 amide bonds. The van der Waals surface area contributed by atoms with Gasteiger partial charge >= 0.3 is 0 Å². The van der Waals surface area contributed by atoms with Gasteiger partial charge in [-0.2, -0.15) is 0 Å². The lowest BCUT2D eigenvalue weighted by atomic mass is 9.95. The molecule has 1 aromatic rings. The van der Waals surface area contributed by atoms with Crippen LogP contribution >= 0.6 is 11.8 Å². The summed E-state index contributed by atoms with van der Waals surface area (Å²) >= 11 is 1.58. The second kappa shape index (κ2) is 8.22. The van der Waals surface area contributed by atoms with Gasteiger partial charge in [-0.3, -0.25) is 4.79 Å². The number of nitrogens with one attached hydrogen (secondary N) is 1. The number of rotatable bonds is 6. The normalized spacial score (nSPS) is 17.5. The van der Waals surface area contributed by atoms with E-state index in [4.69, 9.17) is 0 Å². The van der Waals surface area contributed by atoms with E-state index >= 15 is 0 Å². The Hall–Kier alpha value is -0.970. The van der Waals surface area contributed by atoms with Crippen LogP contribution in [0.1, 0.15) is 64.3 Å². The molecule has 0 aromatic carbocycles. The number of nitrogens with zero attached hydrogens (tertiary/aromatic N) is 2. The molecule has 1 aromatic heterocycles. The zero-order valence-electron chi connectivity index (χ0n) is 15.2. The number of aryl methyl sites for hydroxylation is 1. The Morgan fingerprint density at radius 2 is 1.91 bits per heavy atom. The highest BCUT2D eigenvalue weighted by molar-refractivity contribution is 8.00. The van der Waals surface area contributed by atoms with Crippen molar-refractivity contribution in [3.63, 3.8) is 0 Å². The molecule has 0 aliphatic heterocycles. The van der Waals surface area contributed by atoms with Gasteiger partial charge in [0.25, 0.3) is 0 Å². The fourth-order valence-corrected chi connectivity index (χ4v) is 4.09. The molecule has 130 valence electrons. The van der Waals surface area contributed by atoms with Gasteiger partial charge in [0.2, 0.25) is 5.91 Å².